The number of fused-ring (bicyclic) bond motifs is 3. The van der Waals surface area contributed by atoms with Crippen LogP contribution in [0.1, 0.15) is 39.1 Å². The molecule has 4 heterocycles. The second-order valence-corrected chi connectivity index (χ2v) is 16.7. The summed E-state index contributed by atoms with van der Waals surface area (Å²) < 4.78 is 13.5. The summed E-state index contributed by atoms with van der Waals surface area (Å²) in [5, 5.41) is 1.76. The number of furan rings is 1. The Balaban J connectivity index is 0.00000518. The SMILES string of the molecule is Cc1ccc(-c2cc(-c3[c-]c(Oc4[c-]c(-c5cc(C)c(C)cn5)cc(-c5ccc(-c6ccc(-c7ccccc7)cc6)cc5)c4C)cc4c3oc3nc(C)ccc34)ncc2C)c(C)c1.[Pt+2]. The fourth-order valence-electron chi connectivity index (χ4n) is 8.44. The van der Waals surface area contributed by atoms with Crippen LogP contribution in [0.15, 0.2) is 150 Å². The van der Waals surface area contributed by atoms with E-state index in [1.165, 1.54) is 22.3 Å². The molecule has 0 saturated carbocycles. The predicted octanol–water partition coefficient (Wildman–Crippen LogP) is 15.3. The summed E-state index contributed by atoms with van der Waals surface area (Å²) in [4.78, 5) is 14.6. The molecule has 0 saturated heterocycles. The van der Waals surface area contributed by atoms with E-state index >= 15 is 0 Å². The third kappa shape index (κ3) is 8.09. The molecule has 0 unspecified atom stereocenters. The van der Waals surface area contributed by atoms with Crippen molar-refractivity contribution in [2.24, 2.45) is 0 Å². The Morgan fingerprint density at radius 2 is 1.16 bits per heavy atom. The van der Waals surface area contributed by atoms with Crippen LogP contribution in [-0.2, 0) is 21.1 Å². The monoisotopic (exact) mass is 1010 g/mol. The van der Waals surface area contributed by atoms with E-state index < -0.39 is 0 Å². The van der Waals surface area contributed by atoms with Gasteiger partial charge in [0.2, 0.25) is 5.71 Å². The second-order valence-electron chi connectivity index (χ2n) is 16.7. The molecule has 0 aliphatic carbocycles. The van der Waals surface area contributed by atoms with Gasteiger partial charge in [-0.2, -0.15) is 0 Å². The molecule has 0 aliphatic rings. The number of hydrogen-bond donors (Lipinski definition) is 0. The smallest absolute Gasteiger partial charge is 0.496 e. The molecule has 0 spiro atoms. The molecule has 5 nitrogen and oxygen atoms in total. The third-order valence-electron chi connectivity index (χ3n) is 12.2. The number of rotatable bonds is 8. The van der Waals surface area contributed by atoms with E-state index in [0.717, 1.165) is 89.1 Å². The molecule has 64 heavy (non-hydrogen) atoms. The molecule has 10 aromatic rings. The molecular weight excluding hydrogens is 966 g/mol. The Labute approximate surface area is 389 Å². The van der Waals surface area contributed by atoms with Crippen LogP contribution in [0.3, 0.4) is 0 Å². The maximum atomic E-state index is 6.98. The minimum atomic E-state index is 0. The van der Waals surface area contributed by atoms with E-state index in [-0.39, 0.29) is 21.1 Å². The van der Waals surface area contributed by atoms with E-state index in [0.29, 0.717) is 28.4 Å². The maximum absolute atomic E-state index is 6.98. The van der Waals surface area contributed by atoms with Gasteiger partial charge in [0, 0.05) is 35.0 Å². The maximum Gasteiger partial charge on any atom is 2.00 e. The first-order valence-electron chi connectivity index (χ1n) is 21.3. The molecule has 10 rings (SSSR count). The van der Waals surface area contributed by atoms with Crippen molar-refractivity contribution in [3.63, 3.8) is 0 Å². The van der Waals surface area contributed by atoms with Crippen LogP contribution in [0.25, 0.3) is 89.1 Å². The fourth-order valence-corrected chi connectivity index (χ4v) is 8.44. The zero-order valence-corrected chi connectivity index (χ0v) is 39.1. The number of hydrogen-bond acceptors (Lipinski definition) is 5. The second kappa shape index (κ2) is 17.3. The molecule has 0 aliphatic heterocycles. The summed E-state index contributed by atoms with van der Waals surface area (Å²) >= 11 is 0. The van der Waals surface area contributed by atoms with Gasteiger partial charge in [-0.3, -0.25) is 0 Å². The summed E-state index contributed by atoms with van der Waals surface area (Å²) in [6, 6.07) is 54.2. The number of aryl methyl sites for hydroxylation is 6. The number of aromatic nitrogens is 3. The van der Waals surface area contributed by atoms with Crippen molar-refractivity contribution < 1.29 is 30.2 Å². The number of nitrogens with zero attached hydrogens (tertiary/aromatic N) is 3. The minimum Gasteiger partial charge on any atom is -0.496 e. The quantitative estimate of drug-likeness (QED) is 0.142. The number of benzene rings is 6. The first kappa shape index (κ1) is 42.4. The van der Waals surface area contributed by atoms with Crippen molar-refractivity contribution in [3.05, 3.63) is 197 Å². The van der Waals surface area contributed by atoms with Crippen molar-refractivity contribution in [2.75, 3.05) is 0 Å². The van der Waals surface area contributed by atoms with Crippen LogP contribution in [0.5, 0.6) is 11.5 Å². The molecule has 0 fully saturated rings. The van der Waals surface area contributed by atoms with Crippen LogP contribution in [0.4, 0.5) is 0 Å². The first-order valence-corrected chi connectivity index (χ1v) is 21.3. The van der Waals surface area contributed by atoms with Gasteiger partial charge in [-0.15, -0.1) is 11.6 Å². The van der Waals surface area contributed by atoms with Crippen molar-refractivity contribution in [3.8, 4) is 78.5 Å². The van der Waals surface area contributed by atoms with E-state index in [4.69, 9.17) is 24.1 Å². The van der Waals surface area contributed by atoms with Crippen LogP contribution in [0, 0.1) is 60.6 Å². The molecular formula is C58H45N3O2Pt. The van der Waals surface area contributed by atoms with Crippen LogP contribution in [-0.4, -0.2) is 15.0 Å². The molecule has 0 N–H and O–H groups in total. The summed E-state index contributed by atoms with van der Waals surface area (Å²) in [7, 11) is 0. The van der Waals surface area contributed by atoms with Gasteiger partial charge in [-0.25, -0.2) is 4.98 Å². The average Bonchev–Trinajstić information content (AvgIpc) is 3.66. The van der Waals surface area contributed by atoms with E-state index in [2.05, 4.69) is 169 Å². The number of pyridine rings is 3. The first-order chi connectivity index (χ1) is 30.6. The third-order valence-corrected chi connectivity index (χ3v) is 12.2. The van der Waals surface area contributed by atoms with Crippen molar-refractivity contribution in [1.82, 2.24) is 15.0 Å². The zero-order chi connectivity index (χ0) is 43.4. The molecule has 6 heteroatoms. The van der Waals surface area contributed by atoms with Gasteiger partial charge in [0.15, 0.2) is 0 Å². The van der Waals surface area contributed by atoms with E-state index in [1.54, 1.807) is 0 Å². The van der Waals surface area contributed by atoms with Crippen molar-refractivity contribution >= 4 is 22.1 Å². The van der Waals surface area contributed by atoms with Gasteiger partial charge in [-0.1, -0.05) is 168 Å². The Bertz CT molecular complexity index is 3370. The van der Waals surface area contributed by atoms with Gasteiger partial charge in [0.1, 0.15) is 0 Å². The predicted molar refractivity (Wildman–Crippen MR) is 257 cm³/mol. The van der Waals surface area contributed by atoms with Gasteiger partial charge in [0.25, 0.3) is 0 Å². The van der Waals surface area contributed by atoms with Gasteiger partial charge >= 0.3 is 21.1 Å². The fraction of sp³-hybridized carbons (Fsp3) is 0.121. The van der Waals surface area contributed by atoms with Crippen LogP contribution >= 0.6 is 0 Å². The minimum absolute atomic E-state index is 0. The van der Waals surface area contributed by atoms with E-state index in [9.17, 15) is 0 Å². The largest absolute Gasteiger partial charge is 2.00 e. The molecule has 0 bridgehead atoms. The standard InChI is InChI=1S/C58H45N3O2.Pt/c1-34-13-23-48(36(3)25-34)50-31-55(60-33-38(50)5)53-30-47(29-52-49-24-14-39(6)61-58(49)63-57(52)53)62-56-28-46(54-26-35(2)37(4)32-59-54)27-51(40(56)7)45-21-19-44(20-22-45)43-17-15-42(16-18-43)41-11-9-8-10-12-41;/h8-27,29,31-33H,1-7H3;/q-2;+2. The normalized spacial score (nSPS) is 11.2. The van der Waals surface area contributed by atoms with E-state index in [1.807, 2.05) is 37.5 Å². The Morgan fingerprint density at radius 3 is 1.84 bits per heavy atom. The van der Waals surface area contributed by atoms with Crippen LogP contribution < -0.4 is 4.74 Å². The summed E-state index contributed by atoms with van der Waals surface area (Å²) in [6.45, 7) is 14.6. The molecule has 6 aromatic carbocycles. The Morgan fingerprint density at radius 1 is 0.500 bits per heavy atom. The number of ether oxygens (including phenoxy) is 1. The molecule has 0 radical (unpaired) electrons. The molecule has 0 atom stereocenters. The molecule has 0 amide bonds. The average molecular weight is 1010 g/mol. The van der Waals surface area contributed by atoms with Crippen LogP contribution in [0.2, 0.25) is 0 Å². The summed E-state index contributed by atoms with van der Waals surface area (Å²) in [5.41, 5.74) is 21.0. The van der Waals surface area contributed by atoms with Crippen molar-refractivity contribution in [2.45, 2.75) is 48.5 Å². The Hall–Kier alpha value is -6.94. The summed E-state index contributed by atoms with van der Waals surface area (Å²) in [5.74, 6) is 1.10. The van der Waals surface area contributed by atoms with Gasteiger partial charge in [-0.05, 0) is 121 Å². The van der Waals surface area contributed by atoms with Gasteiger partial charge < -0.3 is 19.1 Å². The summed E-state index contributed by atoms with van der Waals surface area (Å²) in [6.07, 6.45) is 3.85. The molecule has 314 valence electrons. The zero-order valence-electron chi connectivity index (χ0n) is 36.8. The topological polar surface area (TPSA) is 61.0 Å². The van der Waals surface area contributed by atoms with Crippen molar-refractivity contribution in [1.29, 1.82) is 0 Å². The molecule has 4 aromatic heterocycles. The van der Waals surface area contributed by atoms with Gasteiger partial charge in [0.05, 0.1) is 5.58 Å². The Kier molecular flexibility index (Phi) is 11.5.